The molecule has 2 saturated heterocycles. The number of amides is 1. The maximum Gasteiger partial charge on any atom is 0.223 e. The lowest BCUT2D eigenvalue weighted by atomic mass is 9.77. The Labute approximate surface area is 162 Å². The molecule has 1 N–H and O–H groups in total. The molecular weight excluding hydrogens is 356 g/mol. The zero-order valence-corrected chi connectivity index (χ0v) is 16.2. The number of fused-ring (bicyclic) bond motifs is 1. The highest BCUT2D eigenvalue weighted by molar-refractivity contribution is 5.87. The van der Waals surface area contributed by atoms with Crippen molar-refractivity contribution in [3.8, 4) is 0 Å². The largest absolute Gasteiger partial charge is 0.361 e. The molecule has 1 spiro atoms. The van der Waals surface area contributed by atoms with E-state index in [1.165, 1.54) is 0 Å². The van der Waals surface area contributed by atoms with Gasteiger partial charge in [-0.3, -0.25) is 4.79 Å². The van der Waals surface area contributed by atoms with Crippen LogP contribution in [-0.2, 0) is 11.3 Å². The van der Waals surface area contributed by atoms with E-state index in [4.69, 9.17) is 4.52 Å². The Morgan fingerprint density at radius 2 is 2.07 bits per heavy atom. The van der Waals surface area contributed by atoms with Gasteiger partial charge in [0, 0.05) is 43.2 Å². The molecule has 2 fully saturated rings. The van der Waals surface area contributed by atoms with Crippen LogP contribution in [0.15, 0.2) is 23.1 Å². The van der Waals surface area contributed by atoms with Crippen LogP contribution in [0.5, 0.6) is 0 Å². The van der Waals surface area contributed by atoms with Crippen LogP contribution in [-0.4, -0.2) is 50.5 Å². The molecule has 1 amide bonds. The fourth-order valence-electron chi connectivity index (χ4n) is 4.68. The molecule has 3 aromatic rings. The van der Waals surface area contributed by atoms with Gasteiger partial charge in [-0.25, -0.2) is 9.97 Å². The van der Waals surface area contributed by atoms with Crippen molar-refractivity contribution in [2.75, 3.05) is 24.5 Å². The maximum absolute atomic E-state index is 12.7. The van der Waals surface area contributed by atoms with Gasteiger partial charge in [-0.05, 0) is 32.8 Å². The molecule has 0 aliphatic carbocycles. The molecule has 0 unspecified atom stereocenters. The zero-order valence-electron chi connectivity index (χ0n) is 16.2. The van der Waals surface area contributed by atoms with Crippen molar-refractivity contribution in [3.63, 3.8) is 0 Å². The molecule has 2 aliphatic rings. The number of nitrogens with zero attached hydrogens (tertiary/aromatic N) is 5. The van der Waals surface area contributed by atoms with Crippen molar-refractivity contribution in [3.05, 3.63) is 35.6 Å². The van der Waals surface area contributed by atoms with Gasteiger partial charge in [0.05, 0.1) is 17.6 Å². The number of aryl methyl sites for hydroxylation is 2. The molecule has 0 saturated carbocycles. The van der Waals surface area contributed by atoms with Crippen LogP contribution >= 0.6 is 0 Å². The van der Waals surface area contributed by atoms with Crippen LogP contribution in [0.25, 0.3) is 11.0 Å². The van der Waals surface area contributed by atoms with Gasteiger partial charge >= 0.3 is 0 Å². The van der Waals surface area contributed by atoms with E-state index >= 15 is 0 Å². The van der Waals surface area contributed by atoms with E-state index in [0.717, 1.165) is 66.3 Å². The molecular formula is C20H24N6O2. The average Bonchev–Trinajstić information content (AvgIpc) is 3.37. The molecule has 28 heavy (non-hydrogen) atoms. The first kappa shape index (κ1) is 17.2. The summed E-state index contributed by atoms with van der Waals surface area (Å²) in [7, 11) is 0. The predicted molar refractivity (Wildman–Crippen MR) is 104 cm³/mol. The summed E-state index contributed by atoms with van der Waals surface area (Å²) in [5.41, 5.74) is 2.85. The second-order valence-corrected chi connectivity index (χ2v) is 8.15. The minimum Gasteiger partial charge on any atom is -0.361 e. The lowest BCUT2D eigenvalue weighted by Gasteiger charge is -2.39. The number of H-pyrrole nitrogens is 1. The Morgan fingerprint density at radius 1 is 1.25 bits per heavy atom. The number of nitrogens with one attached hydrogen (secondary N) is 1. The number of likely N-dealkylation sites (tertiary alicyclic amines) is 1. The van der Waals surface area contributed by atoms with Gasteiger partial charge in [0.1, 0.15) is 23.6 Å². The molecule has 0 radical (unpaired) electrons. The Kier molecular flexibility index (Phi) is 3.89. The third kappa shape index (κ3) is 2.75. The standard InChI is InChI=1S/C20H24N6O2/c1-13-16(14(2)28-24-13)10-26-11-20(9-17(26)27)4-7-25(8-5-20)19-15-3-6-21-18(15)22-12-23-19/h3,6,12H,4-5,7-11H2,1-2H3,(H,21,22,23). The molecule has 8 nitrogen and oxygen atoms in total. The van der Waals surface area contributed by atoms with E-state index < -0.39 is 0 Å². The predicted octanol–water partition coefficient (Wildman–Crippen LogP) is 2.58. The number of aromatic nitrogens is 4. The van der Waals surface area contributed by atoms with Crippen LogP contribution in [0.1, 0.15) is 36.3 Å². The van der Waals surface area contributed by atoms with Gasteiger partial charge in [-0.2, -0.15) is 0 Å². The normalized spacial score (nSPS) is 19.3. The summed E-state index contributed by atoms with van der Waals surface area (Å²) >= 11 is 0. The summed E-state index contributed by atoms with van der Waals surface area (Å²) in [5.74, 6) is 2.03. The zero-order chi connectivity index (χ0) is 19.3. The molecule has 5 heterocycles. The summed E-state index contributed by atoms with van der Waals surface area (Å²) in [5, 5.41) is 5.07. The lowest BCUT2D eigenvalue weighted by Crippen LogP contribution is -2.42. The highest BCUT2D eigenvalue weighted by Crippen LogP contribution is 2.42. The fourth-order valence-corrected chi connectivity index (χ4v) is 4.68. The number of aromatic amines is 1. The first-order valence-corrected chi connectivity index (χ1v) is 9.77. The second kappa shape index (κ2) is 6.32. The Bertz CT molecular complexity index is 1010. The Hall–Kier alpha value is -2.90. The van der Waals surface area contributed by atoms with Crippen molar-refractivity contribution in [1.29, 1.82) is 0 Å². The molecule has 2 aliphatic heterocycles. The molecule has 146 valence electrons. The topological polar surface area (TPSA) is 91.2 Å². The minimum absolute atomic E-state index is 0.0663. The number of hydrogen-bond acceptors (Lipinski definition) is 6. The molecule has 5 rings (SSSR count). The first-order chi connectivity index (χ1) is 13.5. The number of carbonyl (C=O) groups excluding carboxylic acids is 1. The second-order valence-electron chi connectivity index (χ2n) is 8.15. The van der Waals surface area contributed by atoms with E-state index in [1.54, 1.807) is 6.33 Å². The van der Waals surface area contributed by atoms with Gasteiger partial charge in [0.2, 0.25) is 5.91 Å². The van der Waals surface area contributed by atoms with Crippen LogP contribution in [0.2, 0.25) is 0 Å². The summed E-state index contributed by atoms with van der Waals surface area (Å²) < 4.78 is 5.26. The number of piperidine rings is 1. The molecule has 0 aromatic carbocycles. The molecule has 0 atom stereocenters. The van der Waals surface area contributed by atoms with Gasteiger partial charge in [0.25, 0.3) is 0 Å². The number of hydrogen-bond donors (Lipinski definition) is 1. The van der Waals surface area contributed by atoms with E-state index in [-0.39, 0.29) is 11.3 Å². The summed E-state index contributed by atoms with van der Waals surface area (Å²) in [6.07, 6.45) is 6.13. The van der Waals surface area contributed by atoms with Gasteiger partial charge < -0.3 is 19.3 Å². The average molecular weight is 380 g/mol. The van der Waals surface area contributed by atoms with Crippen LogP contribution in [0.3, 0.4) is 0 Å². The number of rotatable bonds is 3. The van der Waals surface area contributed by atoms with Crippen LogP contribution < -0.4 is 4.90 Å². The van der Waals surface area contributed by atoms with Gasteiger partial charge in [-0.15, -0.1) is 0 Å². The monoisotopic (exact) mass is 380 g/mol. The van der Waals surface area contributed by atoms with E-state index in [2.05, 4.69) is 25.0 Å². The van der Waals surface area contributed by atoms with Crippen molar-refractivity contribution in [2.45, 2.75) is 39.7 Å². The van der Waals surface area contributed by atoms with Crippen molar-refractivity contribution in [2.24, 2.45) is 5.41 Å². The summed E-state index contributed by atoms with van der Waals surface area (Å²) in [6, 6.07) is 2.03. The minimum atomic E-state index is 0.0663. The van der Waals surface area contributed by atoms with E-state index in [0.29, 0.717) is 13.0 Å². The summed E-state index contributed by atoms with van der Waals surface area (Å²) in [6.45, 7) is 7.07. The van der Waals surface area contributed by atoms with Gasteiger partial charge in [0.15, 0.2) is 0 Å². The number of anilines is 1. The smallest absolute Gasteiger partial charge is 0.223 e. The van der Waals surface area contributed by atoms with E-state index in [1.807, 2.05) is 31.0 Å². The third-order valence-corrected chi connectivity index (χ3v) is 6.39. The first-order valence-electron chi connectivity index (χ1n) is 9.77. The Morgan fingerprint density at radius 3 is 2.82 bits per heavy atom. The van der Waals surface area contributed by atoms with Crippen molar-refractivity contribution < 1.29 is 9.32 Å². The fraction of sp³-hybridized carbons (Fsp3) is 0.500. The lowest BCUT2D eigenvalue weighted by molar-refractivity contribution is -0.128. The quantitative estimate of drug-likeness (QED) is 0.751. The van der Waals surface area contributed by atoms with Crippen molar-refractivity contribution in [1.82, 2.24) is 25.0 Å². The number of carbonyl (C=O) groups is 1. The molecule has 8 heteroatoms. The van der Waals surface area contributed by atoms with Crippen LogP contribution in [0.4, 0.5) is 5.82 Å². The summed E-state index contributed by atoms with van der Waals surface area (Å²) in [4.78, 5) is 29.0. The highest BCUT2D eigenvalue weighted by Gasteiger charge is 2.45. The van der Waals surface area contributed by atoms with Crippen molar-refractivity contribution >= 4 is 22.8 Å². The third-order valence-electron chi connectivity index (χ3n) is 6.39. The molecule has 3 aromatic heterocycles. The SMILES string of the molecule is Cc1noc(C)c1CN1CC2(CCN(c3ncnc4[nH]ccc34)CC2)CC1=O. The van der Waals surface area contributed by atoms with Crippen LogP contribution in [0, 0.1) is 19.3 Å². The van der Waals surface area contributed by atoms with E-state index in [9.17, 15) is 4.79 Å². The highest BCUT2D eigenvalue weighted by atomic mass is 16.5. The van der Waals surface area contributed by atoms with Gasteiger partial charge in [-0.1, -0.05) is 5.16 Å². The maximum atomic E-state index is 12.7. The molecule has 0 bridgehead atoms. The Balaban J connectivity index is 1.30.